The average molecular weight is 295 g/mol. The van der Waals surface area contributed by atoms with Crippen LogP contribution in [0.15, 0.2) is 18.2 Å². The van der Waals surface area contributed by atoms with Gasteiger partial charge in [-0.2, -0.15) is 31.6 Å². The van der Waals surface area contributed by atoms with Crippen LogP contribution in [0.4, 0.5) is 26.3 Å². The van der Waals surface area contributed by atoms with Crippen molar-refractivity contribution in [1.29, 1.82) is 5.26 Å². The standard InChI is InChI=1S/C12H7F6NO/c13-11(14,15)8-3-7(5-10(20)1-2-19)4-9(6-8)12(16,17)18/h3-4,6H,1,5H2. The molecular weight excluding hydrogens is 288 g/mol. The van der Waals surface area contributed by atoms with Crippen molar-refractivity contribution in [3.63, 3.8) is 0 Å². The third-order valence-electron chi connectivity index (χ3n) is 2.32. The molecular formula is C12H7F6NO. The molecule has 8 heteroatoms. The Morgan fingerprint density at radius 3 is 1.80 bits per heavy atom. The Bertz CT molecular complexity index is 520. The number of nitrogens with zero attached hydrogens (tertiary/aromatic N) is 1. The molecule has 108 valence electrons. The molecule has 0 aliphatic rings. The van der Waals surface area contributed by atoms with Crippen LogP contribution in [0.3, 0.4) is 0 Å². The van der Waals surface area contributed by atoms with Crippen LogP contribution < -0.4 is 0 Å². The number of halogens is 6. The maximum Gasteiger partial charge on any atom is 0.416 e. The van der Waals surface area contributed by atoms with E-state index in [4.69, 9.17) is 5.26 Å². The molecule has 0 heterocycles. The van der Waals surface area contributed by atoms with Crippen molar-refractivity contribution in [2.75, 3.05) is 0 Å². The number of alkyl halides is 6. The zero-order chi connectivity index (χ0) is 15.6. The lowest BCUT2D eigenvalue weighted by Gasteiger charge is -2.13. The second-order valence-electron chi connectivity index (χ2n) is 3.96. The van der Waals surface area contributed by atoms with E-state index >= 15 is 0 Å². The number of ketones is 1. The fourth-order valence-electron chi connectivity index (χ4n) is 1.50. The fraction of sp³-hybridized carbons (Fsp3) is 0.333. The Hall–Kier alpha value is -2.04. The topological polar surface area (TPSA) is 40.9 Å². The molecule has 0 saturated carbocycles. The summed E-state index contributed by atoms with van der Waals surface area (Å²) in [6, 6.07) is 2.42. The van der Waals surface area contributed by atoms with Crippen LogP contribution >= 0.6 is 0 Å². The summed E-state index contributed by atoms with van der Waals surface area (Å²) in [7, 11) is 0. The minimum Gasteiger partial charge on any atom is -0.298 e. The predicted molar refractivity (Wildman–Crippen MR) is 55.4 cm³/mol. The largest absolute Gasteiger partial charge is 0.416 e. The minimum atomic E-state index is -4.95. The molecule has 1 aromatic rings. The summed E-state index contributed by atoms with van der Waals surface area (Å²) in [5.74, 6) is -0.750. The van der Waals surface area contributed by atoms with E-state index in [9.17, 15) is 31.1 Å². The predicted octanol–water partition coefficient (Wildman–Crippen LogP) is 3.75. The molecule has 0 bridgehead atoms. The van der Waals surface area contributed by atoms with E-state index in [0.717, 1.165) is 0 Å². The van der Waals surface area contributed by atoms with Gasteiger partial charge in [-0.15, -0.1) is 0 Å². The maximum atomic E-state index is 12.5. The number of hydrogen-bond donors (Lipinski definition) is 0. The lowest BCUT2D eigenvalue weighted by molar-refractivity contribution is -0.143. The average Bonchev–Trinajstić information content (AvgIpc) is 2.26. The second kappa shape index (κ2) is 5.53. The van der Waals surface area contributed by atoms with Crippen LogP contribution in [-0.4, -0.2) is 5.78 Å². The lowest BCUT2D eigenvalue weighted by Crippen LogP contribution is -2.13. The highest BCUT2D eigenvalue weighted by Crippen LogP contribution is 2.36. The van der Waals surface area contributed by atoms with E-state index in [-0.39, 0.29) is 6.07 Å². The highest BCUT2D eigenvalue weighted by atomic mass is 19.4. The van der Waals surface area contributed by atoms with Gasteiger partial charge in [-0.25, -0.2) is 0 Å². The van der Waals surface area contributed by atoms with Crippen LogP contribution in [0.5, 0.6) is 0 Å². The first kappa shape index (κ1) is 16.0. The Morgan fingerprint density at radius 1 is 1.00 bits per heavy atom. The van der Waals surface area contributed by atoms with Gasteiger partial charge in [0, 0.05) is 6.42 Å². The highest BCUT2D eigenvalue weighted by Gasteiger charge is 2.36. The normalized spacial score (nSPS) is 12.1. The number of Topliss-reactive ketones (excluding diaryl/α,β-unsaturated/α-hetero) is 1. The van der Waals surface area contributed by atoms with E-state index < -0.39 is 47.7 Å². The molecule has 0 aliphatic carbocycles. The molecule has 0 unspecified atom stereocenters. The minimum absolute atomic E-state index is 0.0156. The quantitative estimate of drug-likeness (QED) is 0.797. The lowest BCUT2D eigenvalue weighted by atomic mass is 10.0. The van der Waals surface area contributed by atoms with Crippen molar-refractivity contribution < 1.29 is 31.1 Å². The zero-order valence-electron chi connectivity index (χ0n) is 9.77. The smallest absolute Gasteiger partial charge is 0.298 e. The first-order valence-corrected chi connectivity index (χ1v) is 5.21. The molecule has 0 atom stereocenters. The second-order valence-corrected chi connectivity index (χ2v) is 3.96. The summed E-state index contributed by atoms with van der Waals surface area (Å²) in [4.78, 5) is 11.1. The highest BCUT2D eigenvalue weighted by molar-refractivity contribution is 5.82. The summed E-state index contributed by atoms with van der Waals surface area (Å²) in [5, 5.41) is 8.25. The van der Waals surface area contributed by atoms with Crippen molar-refractivity contribution in [2.45, 2.75) is 25.2 Å². The molecule has 1 aromatic carbocycles. The third-order valence-corrected chi connectivity index (χ3v) is 2.32. The molecule has 0 saturated heterocycles. The molecule has 0 N–H and O–H groups in total. The van der Waals surface area contributed by atoms with Crippen LogP contribution in [0, 0.1) is 11.3 Å². The van der Waals surface area contributed by atoms with E-state index in [0.29, 0.717) is 12.1 Å². The zero-order valence-corrected chi connectivity index (χ0v) is 9.77. The van der Waals surface area contributed by atoms with Crippen LogP contribution in [-0.2, 0) is 23.6 Å². The number of carbonyl (C=O) groups excluding carboxylic acids is 1. The van der Waals surface area contributed by atoms with Gasteiger partial charge in [0.2, 0.25) is 0 Å². The fourth-order valence-corrected chi connectivity index (χ4v) is 1.50. The van der Waals surface area contributed by atoms with Crippen molar-refractivity contribution >= 4 is 5.78 Å². The van der Waals surface area contributed by atoms with E-state index in [1.807, 2.05) is 0 Å². The van der Waals surface area contributed by atoms with Gasteiger partial charge >= 0.3 is 12.4 Å². The van der Waals surface area contributed by atoms with Gasteiger partial charge in [-0.3, -0.25) is 4.79 Å². The molecule has 0 amide bonds. The van der Waals surface area contributed by atoms with Gasteiger partial charge in [0.1, 0.15) is 0 Å². The van der Waals surface area contributed by atoms with Gasteiger partial charge in [-0.1, -0.05) is 0 Å². The van der Waals surface area contributed by atoms with Crippen LogP contribution in [0.25, 0.3) is 0 Å². The number of carbonyl (C=O) groups is 1. The first-order valence-electron chi connectivity index (χ1n) is 5.21. The van der Waals surface area contributed by atoms with E-state index in [2.05, 4.69) is 0 Å². The van der Waals surface area contributed by atoms with Crippen LogP contribution in [0.1, 0.15) is 23.1 Å². The van der Waals surface area contributed by atoms with Crippen molar-refractivity contribution in [3.05, 3.63) is 34.9 Å². The number of benzene rings is 1. The number of rotatable bonds is 3. The van der Waals surface area contributed by atoms with Gasteiger partial charge in [-0.05, 0) is 23.8 Å². The molecule has 0 aliphatic heterocycles. The van der Waals surface area contributed by atoms with Crippen molar-refractivity contribution in [1.82, 2.24) is 0 Å². The van der Waals surface area contributed by atoms with E-state index in [1.165, 1.54) is 6.07 Å². The van der Waals surface area contributed by atoms with Gasteiger partial charge < -0.3 is 0 Å². The van der Waals surface area contributed by atoms with Gasteiger partial charge in [0.15, 0.2) is 5.78 Å². The molecule has 20 heavy (non-hydrogen) atoms. The number of nitriles is 1. The molecule has 0 radical (unpaired) electrons. The summed E-state index contributed by atoms with van der Waals surface area (Å²) >= 11 is 0. The maximum absolute atomic E-state index is 12.5. The van der Waals surface area contributed by atoms with Gasteiger partial charge in [0.05, 0.1) is 23.6 Å². The summed E-state index contributed by atoms with van der Waals surface area (Å²) in [5.41, 5.74) is -3.38. The van der Waals surface area contributed by atoms with Crippen molar-refractivity contribution in [2.24, 2.45) is 0 Å². The van der Waals surface area contributed by atoms with Crippen molar-refractivity contribution in [3.8, 4) is 6.07 Å². The Kier molecular flexibility index (Phi) is 4.43. The van der Waals surface area contributed by atoms with E-state index in [1.54, 1.807) is 0 Å². The summed E-state index contributed by atoms with van der Waals surface area (Å²) in [6.07, 6.45) is -11.1. The molecule has 1 rings (SSSR count). The Morgan fingerprint density at radius 2 is 1.45 bits per heavy atom. The summed E-state index contributed by atoms with van der Waals surface area (Å²) in [6.45, 7) is 0. The number of hydrogen-bond acceptors (Lipinski definition) is 2. The Balaban J connectivity index is 3.25. The molecule has 0 spiro atoms. The molecule has 0 fully saturated rings. The van der Waals surface area contributed by atoms with Gasteiger partial charge in [0.25, 0.3) is 0 Å². The third kappa shape index (κ3) is 4.26. The summed E-state index contributed by atoms with van der Waals surface area (Å²) < 4.78 is 75.1. The molecule has 0 aromatic heterocycles. The van der Waals surface area contributed by atoms with Crippen LogP contribution in [0.2, 0.25) is 0 Å². The molecule has 2 nitrogen and oxygen atoms in total. The first-order chi connectivity index (χ1) is 9.04. The SMILES string of the molecule is N#CCC(=O)Cc1cc(C(F)(F)F)cc(C(F)(F)F)c1. The monoisotopic (exact) mass is 295 g/mol. The Labute approximate surface area is 109 Å².